The lowest BCUT2D eigenvalue weighted by Gasteiger charge is -2.18. The normalized spacial score (nSPS) is 15.1. The van der Waals surface area contributed by atoms with Gasteiger partial charge in [0, 0.05) is 18.2 Å². The zero-order chi connectivity index (χ0) is 14.7. The van der Waals surface area contributed by atoms with Gasteiger partial charge in [0.2, 0.25) is 0 Å². The van der Waals surface area contributed by atoms with E-state index in [2.05, 4.69) is 55.6 Å². The van der Waals surface area contributed by atoms with Gasteiger partial charge in [0.1, 0.15) is 0 Å². The number of hydrogen-bond acceptors (Lipinski definition) is 3. The van der Waals surface area contributed by atoms with E-state index in [-0.39, 0.29) is 6.04 Å². The molecule has 3 nitrogen and oxygen atoms in total. The Morgan fingerprint density at radius 3 is 2.62 bits per heavy atom. The summed E-state index contributed by atoms with van der Waals surface area (Å²) in [6.07, 6.45) is 0.932. The zero-order valence-corrected chi connectivity index (χ0v) is 12.6. The number of benzene rings is 2. The van der Waals surface area contributed by atoms with Gasteiger partial charge in [-0.2, -0.15) is 0 Å². The molecule has 0 fully saturated rings. The average Bonchev–Trinajstić information content (AvgIpc) is 2.71. The van der Waals surface area contributed by atoms with Crippen LogP contribution in [0.4, 0.5) is 5.69 Å². The van der Waals surface area contributed by atoms with E-state index in [1.54, 1.807) is 0 Å². The highest BCUT2D eigenvalue weighted by Crippen LogP contribution is 2.33. The molecule has 0 saturated heterocycles. The summed E-state index contributed by atoms with van der Waals surface area (Å²) in [6, 6.07) is 14.8. The molecule has 21 heavy (non-hydrogen) atoms. The standard InChI is InChI=1S/C18H21NO2/c1-13-5-3-6-16(11-13)19-14(2)15-7-8-17-18(12-15)21-10-4-9-20-17/h3,5-8,11-12,14,19H,4,9-10H2,1-2H3. The van der Waals surface area contributed by atoms with E-state index in [1.807, 2.05) is 6.07 Å². The molecule has 0 bridgehead atoms. The highest BCUT2D eigenvalue weighted by Gasteiger charge is 2.13. The number of aryl methyl sites for hydroxylation is 1. The molecule has 3 rings (SSSR count). The second kappa shape index (κ2) is 6.08. The van der Waals surface area contributed by atoms with Crippen molar-refractivity contribution in [3.63, 3.8) is 0 Å². The molecule has 1 aliphatic rings. The summed E-state index contributed by atoms with van der Waals surface area (Å²) < 4.78 is 11.4. The molecule has 1 unspecified atom stereocenters. The molecule has 2 aromatic carbocycles. The van der Waals surface area contributed by atoms with Crippen molar-refractivity contribution in [3.05, 3.63) is 53.6 Å². The van der Waals surface area contributed by atoms with Gasteiger partial charge in [0.05, 0.1) is 13.2 Å². The topological polar surface area (TPSA) is 30.5 Å². The Hall–Kier alpha value is -2.16. The van der Waals surface area contributed by atoms with E-state index < -0.39 is 0 Å². The van der Waals surface area contributed by atoms with Crippen LogP contribution < -0.4 is 14.8 Å². The Labute approximate surface area is 125 Å². The summed E-state index contributed by atoms with van der Waals surface area (Å²) in [5, 5.41) is 3.53. The molecule has 110 valence electrons. The molecule has 1 atom stereocenters. The van der Waals surface area contributed by atoms with Crippen molar-refractivity contribution in [2.75, 3.05) is 18.5 Å². The maximum absolute atomic E-state index is 5.76. The van der Waals surface area contributed by atoms with E-state index in [0.29, 0.717) is 0 Å². The lowest BCUT2D eigenvalue weighted by atomic mass is 10.1. The SMILES string of the molecule is Cc1cccc(NC(C)c2ccc3c(c2)OCCCO3)c1. The van der Waals surface area contributed by atoms with Crippen molar-refractivity contribution >= 4 is 5.69 Å². The first-order chi connectivity index (χ1) is 10.2. The smallest absolute Gasteiger partial charge is 0.161 e. The molecule has 2 aromatic rings. The molecule has 0 aliphatic carbocycles. The van der Waals surface area contributed by atoms with Crippen LogP contribution in [0.3, 0.4) is 0 Å². The van der Waals surface area contributed by atoms with Gasteiger partial charge >= 0.3 is 0 Å². The Balaban J connectivity index is 1.78. The van der Waals surface area contributed by atoms with Crippen LogP contribution in [0.15, 0.2) is 42.5 Å². The van der Waals surface area contributed by atoms with Gasteiger partial charge in [0.25, 0.3) is 0 Å². The first kappa shape index (κ1) is 13.8. The molecule has 0 spiro atoms. The van der Waals surface area contributed by atoms with Crippen molar-refractivity contribution in [1.29, 1.82) is 0 Å². The first-order valence-corrected chi connectivity index (χ1v) is 7.45. The minimum absolute atomic E-state index is 0.212. The molecule has 0 aromatic heterocycles. The van der Waals surface area contributed by atoms with Gasteiger partial charge in [-0.05, 0) is 49.2 Å². The average molecular weight is 283 g/mol. The minimum atomic E-state index is 0.212. The van der Waals surface area contributed by atoms with Gasteiger partial charge in [-0.3, -0.25) is 0 Å². The molecule has 0 amide bonds. The molecule has 3 heteroatoms. The largest absolute Gasteiger partial charge is 0.490 e. The predicted molar refractivity (Wildman–Crippen MR) is 85.3 cm³/mol. The lowest BCUT2D eigenvalue weighted by molar-refractivity contribution is 0.297. The van der Waals surface area contributed by atoms with E-state index >= 15 is 0 Å². The summed E-state index contributed by atoms with van der Waals surface area (Å²) in [5.74, 6) is 1.70. The van der Waals surface area contributed by atoms with E-state index in [9.17, 15) is 0 Å². The van der Waals surface area contributed by atoms with Crippen molar-refractivity contribution < 1.29 is 9.47 Å². The van der Waals surface area contributed by atoms with Crippen LogP contribution in [-0.2, 0) is 0 Å². The lowest BCUT2D eigenvalue weighted by Crippen LogP contribution is -2.07. The molecule has 1 N–H and O–H groups in total. The fourth-order valence-electron chi connectivity index (χ4n) is 2.52. The fourth-order valence-corrected chi connectivity index (χ4v) is 2.52. The van der Waals surface area contributed by atoms with E-state index in [1.165, 1.54) is 11.1 Å². The van der Waals surface area contributed by atoms with Crippen LogP contribution >= 0.6 is 0 Å². The Morgan fingerprint density at radius 2 is 1.81 bits per heavy atom. The highest BCUT2D eigenvalue weighted by atomic mass is 16.5. The summed E-state index contributed by atoms with van der Waals surface area (Å²) in [6.45, 7) is 5.70. The molecule has 1 heterocycles. The number of anilines is 1. The molecule has 1 aliphatic heterocycles. The Bertz CT molecular complexity index is 624. The number of hydrogen-bond donors (Lipinski definition) is 1. The fraction of sp³-hybridized carbons (Fsp3) is 0.333. The van der Waals surface area contributed by atoms with Crippen molar-refractivity contribution in [2.24, 2.45) is 0 Å². The maximum atomic E-state index is 5.76. The third-order valence-corrected chi connectivity index (χ3v) is 3.67. The van der Waals surface area contributed by atoms with Gasteiger partial charge in [0.15, 0.2) is 11.5 Å². The Kier molecular flexibility index (Phi) is 4.00. The van der Waals surface area contributed by atoms with Crippen LogP contribution in [0.1, 0.15) is 30.5 Å². The third-order valence-electron chi connectivity index (χ3n) is 3.67. The quantitative estimate of drug-likeness (QED) is 0.909. The minimum Gasteiger partial charge on any atom is -0.490 e. The van der Waals surface area contributed by atoms with Crippen LogP contribution in [0.25, 0.3) is 0 Å². The molecular weight excluding hydrogens is 262 g/mol. The second-order valence-electron chi connectivity index (χ2n) is 5.49. The monoisotopic (exact) mass is 283 g/mol. The van der Waals surface area contributed by atoms with Gasteiger partial charge in [-0.15, -0.1) is 0 Å². The maximum Gasteiger partial charge on any atom is 0.161 e. The third kappa shape index (κ3) is 3.30. The van der Waals surface area contributed by atoms with Crippen molar-refractivity contribution in [1.82, 2.24) is 0 Å². The Morgan fingerprint density at radius 1 is 1.00 bits per heavy atom. The van der Waals surface area contributed by atoms with Crippen LogP contribution in [0.5, 0.6) is 11.5 Å². The van der Waals surface area contributed by atoms with Crippen LogP contribution in [0, 0.1) is 6.92 Å². The highest BCUT2D eigenvalue weighted by molar-refractivity contribution is 5.50. The van der Waals surface area contributed by atoms with E-state index in [0.717, 1.165) is 36.8 Å². The first-order valence-electron chi connectivity index (χ1n) is 7.45. The number of ether oxygens (including phenoxy) is 2. The summed E-state index contributed by atoms with van der Waals surface area (Å²) >= 11 is 0. The van der Waals surface area contributed by atoms with Gasteiger partial charge in [-0.1, -0.05) is 18.2 Å². The second-order valence-corrected chi connectivity index (χ2v) is 5.49. The van der Waals surface area contributed by atoms with Crippen molar-refractivity contribution in [3.8, 4) is 11.5 Å². The number of nitrogens with one attached hydrogen (secondary N) is 1. The van der Waals surface area contributed by atoms with Crippen LogP contribution in [-0.4, -0.2) is 13.2 Å². The number of rotatable bonds is 3. The number of fused-ring (bicyclic) bond motifs is 1. The van der Waals surface area contributed by atoms with Crippen molar-refractivity contribution in [2.45, 2.75) is 26.3 Å². The zero-order valence-electron chi connectivity index (χ0n) is 12.6. The predicted octanol–water partition coefficient (Wildman–Crippen LogP) is 4.33. The summed E-state index contributed by atoms with van der Waals surface area (Å²) in [5.41, 5.74) is 3.58. The van der Waals surface area contributed by atoms with Gasteiger partial charge < -0.3 is 14.8 Å². The summed E-state index contributed by atoms with van der Waals surface area (Å²) in [4.78, 5) is 0. The molecule has 0 radical (unpaired) electrons. The van der Waals surface area contributed by atoms with E-state index in [4.69, 9.17) is 9.47 Å². The van der Waals surface area contributed by atoms with Crippen LogP contribution in [0.2, 0.25) is 0 Å². The molecular formula is C18H21NO2. The molecule has 0 saturated carbocycles. The summed E-state index contributed by atoms with van der Waals surface area (Å²) in [7, 11) is 0. The van der Waals surface area contributed by atoms with Gasteiger partial charge in [-0.25, -0.2) is 0 Å².